The van der Waals surface area contributed by atoms with Crippen molar-refractivity contribution >= 4 is 37.5 Å². The van der Waals surface area contributed by atoms with Crippen LogP contribution in [0, 0.1) is 11.3 Å². The summed E-state index contributed by atoms with van der Waals surface area (Å²) in [6.45, 7) is 2.32. The molecule has 9 heteroatoms. The first kappa shape index (κ1) is 15.3. The number of anilines is 2. The smallest absolute Gasteiger partial charge is 0.267 e. The summed E-state index contributed by atoms with van der Waals surface area (Å²) in [5, 5.41) is 13.0. The lowest BCUT2D eigenvalue weighted by atomic mass is 10.2. The Morgan fingerprint density at radius 1 is 1.52 bits per heavy atom. The number of aromatic nitrogens is 2. The minimum atomic E-state index is -3.90. The summed E-state index contributed by atoms with van der Waals surface area (Å²) < 4.78 is 29.1. The summed E-state index contributed by atoms with van der Waals surface area (Å²) in [5.41, 5.74) is 6.02. The van der Waals surface area contributed by atoms with Crippen molar-refractivity contribution in [2.75, 3.05) is 10.5 Å². The van der Waals surface area contributed by atoms with Gasteiger partial charge in [-0.2, -0.15) is 10.4 Å². The molecule has 0 bridgehead atoms. The number of nitrogens with one attached hydrogen (secondary N) is 1. The number of nitriles is 1. The third-order valence-corrected chi connectivity index (χ3v) is 4.59. The Hall–Kier alpha value is -2.05. The topological polar surface area (TPSA) is 114 Å². The quantitative estimate of drug-likeness (QED) is 0.854. The molecular formula is C12H12BrN5O2S. The molecule has 2 rings (SSSR count). The van der Waals surface area contributed by atoms with Gasteiger partial charge in [-0.1, -0.05) is 15.9 Å². The van der Waals surface area contributed by atoms with Crippen molar-refractivity contribution in [3.05, 3.63) is 34.4 Å². The highest BCUT2D eigenvalue weighted by molar-refractivity contribution is 9.10. The molecule has 110 valence electrons. The van der Waals surface area contributed by atoms with Crippen molar-refractivity contribution in [3.8, 4) is 6.07 Å². The van der Waals surface area contributed by atoms with E-state index in [1.807, 2.05) is 13.0 Å². The Labute approximate surface area is 130 Å². The highest BCUT2D eigenvalue weighted by Crippen LogP contribution is 2.25. The molecule has 0 saturated carbocycles. The zero-order valence-corrected chi connectivity index (χ0v) is 13.4. The molecule has 0 atom stereocenters. The Bertz CT molecular complexity index is 823. The lowest BCUT2D eigenvalue weighted by Crippen LogP contribution is -2.14. The summed E-state index contributed by atoms with van der Waals surface area (Å²) in [6.07, 6.45) is 1.35. The Balaban J connectivity index is 2.42. The number of sulfonamides is 1. The van der Waals surface area contributed by atoms with Crippen LogP contribution in [0.15, 0.2) is 33.8 Å². The van der Waals surface area contributed by atoms with Gasteiger partial charge in [-0.3, -0.25) is 9.40 Å². The fourth-order valence-electron chi connectivity index (χ4n) is 1.68. The molecule has 3 N–H and O–H groups in total. The average Bonchev–Trinajstić information content (AvgIpc) is 2.82. The minimum Gasteiger partial charge on any atom is -0.381 e. The second-order valence-electron chi connectivity index (χ2n) is 4.14. The van der Waals surface area contributed by atoms with Crippen LogP contribution in [0.1, 0.15) is 12.5 Å². The number of nitrogens with zero attached hydrogens (tertiary/aromatic N) is 3. The highest BCUT2D eigenvalue weighted by Gasteiger charge is 2.22. The van der Waals surface area contributed by atoms with Gasteiger partial charge < -0.3 is 5.73 Å². The SMILES string of the molecule is CCn1cc(S(=O)(=O)Nc2ccc(Br)cc2C#N)c(N)n1. The summed E-state index contributed by atoms with van der Waals surface area (Å²) >= 11 is 3.22. The molecule has 0 unspecified atom stereocenters. The molecule has 0 radical (unpaired) electrons. The van der Waals surface area contributed by atoms with Crippen LogP contribution >= 0.6 is 15.9 Å². The first-order valence-corrected chi connectivity index (χ1v) is 8.20. The van der Waals surface area contributed by atoms with Gasteiger partial charge in [0.15, 0.2) is 5.82 Å². The maximum atomic E-state index is 12.3. The molecule has 2 aromatic rings. The van der Waals surface area contributed by atoms with E-state index in [-0.39, 0.29) is 22.0 Å². The molecule has 0 amide bonds. The highest BCUT2D eigenvalue weighted by atomic mass is 79.9. The first-order valence-electron chi connectivity index (χ1n) is 5.92. The maximum absolute atomic E-state index is 12.3. The van der Waals surface area contributed by atoms with Gasteiger partial charge in [0.1, 0.15) is 11.0 Å². The van der Waals surface area contributed by atoms with Crippen LogP contribution in [0.2, 0.25) is 0 Å². The maximum Gasteiger partial charge on any atom is 0.267 e. The van der Waals surface area contributed by atoms with Crippen LogP contribution in [0.25, 0.3) is 0 Å². The number of hydrogen-bond acceptors (Lipinski definition) is 5. The van der Waals surface area contributed by atoms with Crippen LogP contribution in [0.4, 0.5) is 11.5 Å². The molecule has 0 spiro atoms. The third kappa shape index (κ3) is 3.17. The molecule has 0 aliphatic rings. The summed E-state index contributed by atoms with van der Waals surface area (Å²) in [4.78, 5) is -0.115. The third-order valence-electron chi connectivity index (χ3n) is 2.71. The monoisotopic (exact) mass is 369 g/mol. The van der Waals surface area contributed by atoms with Crippen LogP contribution in [0.3, 0.4) is 0 Å². The Morgan fingerprint density at radius 3 is 2.81 bits per heavy atom. The van der Waals surface area contributed by atoms with Crippen LogP contribution in [0.5, 0.6) is 0 Å². The molecule has 0 saturated heterocycles. The van der Waals surface area contributed by atoms with E-state index in [0.717, 1.165) is 0 Å². The fraction of sp³-hybridized carbons (Fsp3) is 0.167. The number of rotatable bonds is 4. The van der Waals surface area contributed by atoms with Crippen LogP contribution in [-0.4, -0.2) is 18.2 Å². The second kappa shape index (κ2) is 5.75. The lowest BCUT2D eigenvalue weighted by Gasteiger charge is -2.08. The summed E-state index contributed by atoms with van der Waals surface area (Å²) in [7, 11) is -3.90. The predicted octanol–water partition coefficient (Wildman–Crippen LogP) is 1.92. The van der Waals surface area contributed by atoms with E-state index in [4.69, 9.17) is 11.0 Å². The normalized spacial score (nSPS) is 11.1. The molecule has 1 aromatic carbocycles. The van der Waals surface area contributed by atoms with E-state index in [1.54, 1.807) is 6.07 Å². The van der Waals surface area contributed by atoms with E-state index in [2.05, 4.69) is 25.8 Å². The molecule has 0 aliphatic carbocycles. The molecular weight excluding hydrogens is 358 g/mol. The van der Waals surface area contributed by atoms with Gasteiger partial charge in [0, 0.05) is 17.2 Å². The minimum absolute atomic E-state index is 0.0834. The Morgan fingerprint density at radius 2 is 2.24 bits per heavy atom. The van der Waals surface area contributed by atoms with E-state index in [9.17, 15) is 8.42 Å². The van der Waals surface area contributed by atoms with E-state index in [0.29, 0.717) is 11.0 Å². The first-order chi connectivity index (χ1) is 9.87. The molecule has 1 heterocycles. The van der Waals surface area contributed by atoms with Gasteiger partial charge in [-0.05, 0) is 25.1 Å². The van der Waals surface area contributed by atoms with Gasteiger partial charge >= 0.3 is 0 Å². The predicted molar refractivity (Wildman–Crippen MR) is 82.0 cm³/mol. The largest absolute Gasteiger partial charge is 0.381 e. The van der Waals surface area contributed by atoms with E-state index >= 15 is 0 Å². The van der Waals surface area contributed by atoms with Crippen LogP contribution in [-0.2, 0) is 16.6 Å². The summed E-state index contributed by atoms with van der Waals surface area (Å²) in [6, 6.07) is 6.59. The number of nitrogens with two attached hydrogens (primary N) is 1. The molecule has 0 fully saturated rings. The van der Waals surface area contributed by atoms with Gasteiger partial charge in [0.05, 0.1) is 11.3 Å². The number of nitrogen functional groups attached to an aromatic ring is 1. The number of aryl methyl sites for hydroxylation is 1. The number of hydrogen-bond donors (Lipinski definition) is 2. The average molecular weight is 370 g/mol. The van der Waals surface area contributed by atoms with Gasteiger partial charge in [-0.15, -0.1) is 0 Å². The van der Waals surface area contributed by atoms with Crippen LogP contribution < -0.4 is 10.5 Å². The number of halogens is 1. The Kier molecular flexibility index (Phi) is 4.20. The zero-order valence-electron chi connectivity index (χ0n) is 11.0. The zero-order chi connectivity index (χ0) is 15.6. The summed E-state index contributed by atoms with van der Waals surface area (Å²) in [5.74, 6) is -0.0834. The second-order valence-corrected chi connectivity index (χ2v) is 6.71. The van der Waals surface area contributed by atoms with Gasteiger partial charge in [-0.25, -0.2) is 8.42 Å². The standard InChI is InChI=1S/C12H12BrN5O2S/c1-2-18-7-11(12(15)16-18)21(19,20)17-10-4-3-9(13)5-8(10)6-14/h3-5,7,17H,2H2,1H3,(H2,15,16). The van der Waals surface area contributed by atoms with Crippen molar-refractivity contribution < 1.29 is 8.42 Å². The van der Waals surface area contributed by atoms with Crippen molar-refractivity contribution in [1.82, 2.24) is 9.78 Å². The number of benzene rings is 1. The van der Waals surface area contributed by atoms with Crippen molar-refractivity contribution in [2.45, 2.75) is 18.4 Å². The van der Waals surface area contributed by atoms with Gasteiger partial charge in [0.25, 0.3) is 10.0 Å². The van der Waals surface area contributed by atoms with Gasteiger partial charge in [0.2, 0.25) is 0 Å². The van der Waals surface area contributed by atoms with E-state index in [1.165, 1.54) is 23.0 Å². The van der Waals surface area contributed by atoms with Crippen molar-refractivity contribution in [1.29, 1.82) is 5.26 Å². The van der Waals surface area contributed by atoms with Crippen molar-refractivity contribution in [2.24, 2.45) is 0 Å². The van der Waals surface area contributed by atoms with E-state index < -0.39 is 10.0 Å². The fourth-order valence-corrected chi connectivity index (χ4v) is 3.20. The van der Waals surface area contributed by atoms with Crippen molar-refractivity contribution in [3.63, 3.8) is 0 Å². The molecule has 1 aromatic heterocycles. The lowest BCUT2D eigenvalue weighted by molar-refractivity contribution is 0.600. The molecule has 0 aliphatic heterocycles. The molecule has 21 heavy (non-hydrogen) atoms. The molecule has 7 nitrogen and oxygen atoms in total.